The van der Waals surface area contributed by atoms with Crippen LogP contribution in [0.1, 0.15) is 420 Å². The van der Waals surface area contributed by atoms with Gasteiger partial charge in [-0.25, -0.2) is 9.13 Å². The van der Waals surface area contributed by atoms with Gasteiger partial charge in [-0.3, -0.25) is 37.3 Å². The molecule has 0 aromatic rings. The SMILES string of the molecule is CCCCCCCCCCCCCCCCCCCCCCCC(=O)O[C@H](COC(=O)CCCCCCCCCCCCCCCCCC)COP(=O)(O)OC[C@@H](O)COP(=O)(O)OC[C@@H](COC(=O)CCCCCCCCCCC)OC(=O)CCCCCCCCCCC(C)CC. The van der Waals surface area contributed by atoms with Crippen LogP contribution in [0.3, 0.4) is 0 Å². The number of aliphatic hydroxyl groups is 1. The van der Waals surface area contributed by atoms with Crippen LogP contribution in [0.2, 0.25) is 0 Å². The minimum atomic E-state index is -4.96. The summed E-state index contributed by atoms with van der Waals surface area (Å²) in [5.74, 6) is -1.34. The van der Waals surface area contributed by atoms with Crippen molar-refractivity contribution >= 4 is 39.5 Å². The van der Waals surface area contributed by atoms with Gasteiger partial charge >= 0.3 is 39.5 Å². The number of rotatable bonds is 79. The lowest BCUT2D eigenvalue weighted by molar-refractivity contribution is -0.161. The zero-order chi connectivity index (χ0) is 71.9. The maximum absolute atomic E-state index is 13.1. The summed E-state index contributed by atoms with van der Waals surface area (Å²) in [6, 6.07) is 0. The third kappa shape index (κ3) is 71.1. The topological polar surface area (TPSA) is 237 Å². The molecule has 0 aliphatic rings. The van der Waals surface area contributed by atoms with Crippen LogP contribution in [0.4, 0.5) is 0 Å². The molecule has 0 aromatic carbocycles. The second-order valence-electron chi connectivity index (χ2n) is 28.7. The molecule has 0 saturated carbocycles. The van der Waals surface area contributed by atoms with E-state index in [1.54, 1.807) is 0 Å². The number of unbranched alkanes of at least 4 members (excludes halogenated alkanes) is 50. The van der Waals surface area contributed by atoms with Crippen molar-refractivity contribution in [2.45, 2.75) is 438 Å². The summed E-state index contributed by atoms with van der Waals surface area (Å²) in [6.07, 6.45) is 62.5. The van der Waals surface area contributed by atoms with E-state index in [2.05, 4.69) is 34.6 Å². The smallest absolute Gasteiger partial charge is 0.462 e. The van der Waals surface area contributed by atoms with Gasteiger partial charge in [-0.05, 0) is 31.6 Å². The first-order chi connectivity index (χ1) is 47.6. The Kier molecular flexibility index (Phi) is 70.6. The van der Waals surface area contributed by atoms with Gasteiger partial charge in [0, 0.05) is 25.7 Å². The van der Waals surface area contributed by atoms with Gasteiger partial charge in [-0.15, -0.1) is 0 Å². The second-order valence-corrected chi connectivity index (χ2v) is 31.6. The first kappa shape index (κ1) is 96.1. The van der Waals surface area contributed by atoms with Crippen molar-refractivity contribution in [3.8, 4) is 0 Å². The molecule has 0 rings (SSSR count). The van der Waals surface area contributed by atoms with E-state index < -0.39 is 97.5 Å². The Morgan fingerprint density at radius 3 is 0.724 bits per heavy atom. The van der Waals surface area contributed by atoms with Crippen molar-refractivity contribution in [3.05, 3.63) is 0 Å². The minimum absolute atomic E-state index is 0.105. The van der Waals surface area contributed by atoms with Crippen molar-refractivity contribution < 1.29 is 80.2 Å². The number of ether oxygens (including phenoxy) is 4. The molecule has 98 heavy (non-hydrogen) atoms. The van der Waals surface area contributed by atoms with Crippen LogP contribution in [0.5, 0.6) is 0 Å². The molecule has 0 amide bonds. The minimum Gasteiger partial charge on any atom is -0.462 e. The summed E-state index contributed by atoms with van der Waals surface area (Å²) in [6.45, 7) is 7.29. The fourth-order valence-corrected chi connectivity index (χ4v) is 13.8. The molecule has 0 aromatic heterocycles. The molecule has 0 radical (unpaired) electrons. The van der Waals surface area contributed by atoms with Crippen LogP contribution in [-0.4, -0.2) is 96.7 Å². The third-order valence-electron chi connectivity index (χ3n) is 18.9. The highest BCUT2D eigenvalue weighted by molar-refractivity contribution is 7.47. The molecule has 0 heterocycles. The average molecular weight is 1440 g/mol. The van der Waals surface area contributed by atoms with E-state index in [-0.39, 0.29) is 25.7 Å². The first-order valence-corrected chi connectivity index (χ1v) is 44.2. The van der Waals surface area contributed by atoms with Gasteiger partial charge in [-0.2, -0.15) is 0 Å². The van der Waals surface area contributed by atoms with Crippen LogP contribution >= 0.6 is 15.6 Å². The number of phosphoric ester groups is 2. The number of hydrogen-bond donors (Lipinski definition) is 3. The van der Waals surface area contributed by atoms with E-state index in [4.69, 9.17) is 37.0 Å². The summed E-state index contributed by atoms with van der Waals surface area (Å²) in [4.78, 5) is 72.9. The molecule has 0 aliphatic heterocycles. The van der Waals surface area contributed by atoms with Gasteiger partial charge in [0.25, 0.3) is 0 Å². The number of carbonyl (C=O) groups excluding carboxylic acids is 4. The molecule has 0 saturated heterocycles. The van der Waals surface area contributed by atoms with E-state index in [1.165, 1.54) is 244 Å². The summed E-state index contributed by atoms with van der Waals surface area (Å²) < 4.78 is 68.6. The fourth-order valence-electron chi connectivity index (χ4n) is 12.2. The predicted molar refractivity (Wildman–Crippen MR) is 400 cm³/mol. The van der Waals surface area contributed by atoms with E-state index in [0.29, 0.717) is 25.7 Å². The third-order valence-corrected chi connectivity index (χ3v) is 20.8. The zero-order valence-corrected chi connectivity index (χ0v) is 65.7. The van der Waals surface area contributed by atoms with Gasteiger partial charge in [0.2, 0.25) is 0 Å². The Balaban J connectivity index is 5.20. The maximum atomic E-state index is 13.1. The van der Waals surface area contributed by atoms with Crippen molar-refractivity contribution in [1.82, 2.24) is 0 Å². The molecule has 0 spiro atoms. The summed E-state index contributed by atoms with van der Waals surface area (Å²) in [5, 5.41) is 10.6. The number of phosphoric acid groups is 2. The highest BCUT2D eigenvalue weighted by atomic mass is 31.2. The molecule has 0 bridgehead atoms. The van der Waals surface area contributed by atoms with Crippen LogP contribution in [0.15, 0.2) is 0 Å². The quantitative estimate of drug-likeness (QED) is 0.0222. The van der Waals surface area contributed by atoms with E-state index in [0.717, 1.165) is 95.8 Å². The predicted octanol–water partition coefficient (Wildman–Crippen LogP) is 23.6. The van der Waals surface area contributed by atoms with Gasteiger partial charge in [0.1, 0.15) is 19.3 Å². The zero-order valence-electron chi connectivity index (χ0n) is 63.9. The summed E-state index contributed by atoms with van der Waals surface area (Å²) in [5.41, 5.74) is 0. The maximum Gasteiger partial charge on any atom is 0.472 e. The Labute approximate surface area is 600 Å². The number of esters is 4. The van der Waals surface area contributed by atoms with Gasteiger partial charge in [0.05, 0.1) is 26.4 Å². The highest BCUT2D eigenvalue weighted by Crippen LogP contribution is 2.45. The lowest BCUT2D eigenvalue weighted by Crippen LogP contribution is -2.30. The Hall–Kier alpha value is -1.94. The first-order valence-electron chi connectivity index (χ1n) is 41.2. The van der Waals surface area contributed by atoms with Crippen LogP contribution in [0.25, 0.3) is 0 Å². The van der Waals surface area contributed by atoms with E-state index >= 15 is 0 Å². The van der Waals surface area contributed by atoms with E-state index in [1.807, 2.05) is 0 Å². The van der Waals surface area contributed by atoms with Crippen molar-refractivity contribution in [1.29, 1.82) is 0 Å². The number of aliphatic hydroxyl groups excluding tert-OH is 1. The normalized spacial score (nSPS) is 14.2. The molecular weight excluding hydrogens is 1280 g/mol. The molecule has 6 atom stereocenters. The molecule has 19 heteroatoms. The van der Waals surface area contributed by atoms with E-state index in [9.17, 15) is 43.2 Å². The van der Waals surface area contributed by atoms with Crippen molar-refractivity contribution in [3.63, 3.8) is 0 Å². The second kappa shape index (κ2) is 72.0. The summed E-state index contributed by atoms with van der Waals surface area (Å²) in [7, 11) is -9.91. The van der Waals surface area contributed by atoms with Crippen LogP contribution in [0, 0.1) is 5.92 Å². The molecule has 0 fully saturated rings. The number of hydrogen-bond acceptors (Lipinski definition) is 15. The Bertz CT molecular complexity index is 1880. The Morgan fingerprint density at radius 1 is 0.286 bits per heavy atom. The lowest BCUT2D eigenvalue weighted by Gasteiger charge is -2.21. The lowest BCUT2D eigenvalue weighted by atomic mass is 9.99. The van der Waals surface area contributed by atoms with Crippen molar-refractivity contribution in [2.75, 3.05) is 39.6 Å². The van der Waals surface area contributed by atoms with Gasteiger partial charge < -0.3 is 33.8 Å². The summed E-state index contributed by atoms with van der Waals surface area (Å²) >= 11 is 0. The average Bonchev–Trinajstić information content (AvgIpc) is 1.39. The Morgan fingerprint density at radius 2 is 0.490 bits per heavy atom. The monoisotopic (exact) mass is 1440 g/mol. The standard InChI is InChI=1S/C79H154O17P2/c1-6-10-13-16-19-22-24-26-28-30-31-32-33-34-36-38-40-43-49-54-59-64-78(83)95-74(69-90-77(82)63-58-53-48-42-39-37-35-29-27-25-23-20-17-14-11-7-2)70-93-97(85,86)91-66-73(80)67-92-98(87,88)94-71-75(68-89-76(81)62-57-52-47-41-21-18-15-12-8-3)96-79(84)65-60-55-50-45-44-46-51-56-61-72(5)9-4/h72-75,80H,6-71H2,1-5H3,(H,85,86)(H,87,88)/t72?,73-,74-,75-/m1/s1. The number of carbonyl (C=O) groups is 4. The van der Waals surface area contributed by atoms with Crippen molar-refractivity contribution in [2.24, 2.45) is 5.92 Å². The largest absolute Gasteiger partial charge is 0.472 e. The van der Waals surface area contributed by atoms with Crippen LogP contribution in [-0.2, 0) is 65.4 Å². The molecule has 3 N–H and O–H groups in total. The fraction of sp³-hybridized carbons (Fsp3) is 0.949. The molecule has 17 nitrogen and oxygen atoms in total. The van der Waals surface area contributed by atoms with Gasteiger partial charge in [0.15, 0.2) is 12.2 Å². The highest BCUT2D eigenvalue weighted by Gasteiger charge is 2.30. The van der Waals surface area contributed by atoms with Gasteiger partial charge in [-0.1, -0.05) is 369 Å². The molecular formula is C79H154O17P2. The van der Waals surface area contributed by atoms with Crippen LogP contribution < -0.4 is 0 Å². The molecule has 0 aliphatic carbocycles. The molecule has 582 valence electrons. The molecule has 3 unspecified atom stereocenters.